The maximum atomic E-state index is 12.5. The van der Waals surface area contributed by atoms with E-state index in [1.165, 1.54) is 30.5 Å². The van der Waals surface area contributed by atoms with Crippen molar-refractivity contribution in [2.24, 2.45) is 5.92 Å². The number of methoxy groups -OCH3 is 1. The summed E-state index contributed by atoms with van der Waals surface area (Å²) in [6.45, 7) is 2.80. The molecule has 1 amide bonds. The number of aromatic hydroxyl groups is 1. The van der Waals surface area contributed by atoms with Crippen molar-refractivity contribution in [1.82, 2.24) is 10.3 Å². The van der Waals surface area contributed by atoms with Gasteiger partial charge in [0.25, 0.3) is 5.91 Å². The smallest absolute Gasteiger partial charge is 0.331 e. The van der Waals surface area contributed by atoms with Crippen LogP contribution in [0.5, 0.6) is 11.5 Å². The van der Waals surface area contributed by atoms with E-state index in [1.54, 1.807) is 0 Å². The van der Waals surface area contributed by atoms with Crippen LogP contribution in [-0.2, 0) is 14.3 Å². The van der Waals surface area contributed by atoms with Crippen LogP contribution in [0.1, 0.15) is 41.7 Å². The van der Waals surface area contributed by atoms with Gasteiger partial charge < -0.3 is 24.6 Å². The van der Waals surface area contributed by atoms with Crippen molar-refractivity contribution in [1.29, 1.82) is 0 Å². The molecule has 2 aromatic rings. The molecular weight excluding hydrogens is 460 g/mol. The third-order valence-corrected chi connectivity index (χ3v) is 5.86. The molecular formula is C28H34N2O6. The van der Waals surface area contributed by atoms with Crippen LogP contribution >= 0.6 is 0 Å². The molecule has 0 spiro atoms. The highest BCUT2D eigenvalue weighted by atomic mass is 16.5. The molecule has 1 saturated heterocycles. The molecule has 1 aliphatic carbocycles. The van der Waals surface area contributed by atoms with Crippen molar-refractivity contribution < 1.29 is 28.9 Å². The minimum atomic E-state index is -0.984. The standard InChI is InChI=1S/C21H26N2O6.C7H8/c1-27-17-7-9-22-18(19(17)24)20(25)23-16-13-28-12-15(8-10-29-21(16)26)11-14-5-3-2-4-6-14;1-7-5-3-2-4-6-7/h3,5-7,9,15-16,24H,2,4,8,10-13H2,1H3,(H,23,25);2-6H,1H3/t15?,16-;/m0./s1. The zero-order valence-corrected chi connectivity index (χ0v) is 20.8. The van der Waals surface area contributed by atoms with Crippen molar-refractivity contribution in [3.8, 4) is 11.5 Å². The van der Waals surface area contributed by atoms with E-state index in [2.05, 4.69) is 47.6 Å². The molecule has 1 aromatic heterocycles. The van der Waals surface area contributed by atoms with Gasteiger partial charge in [-0.3, -0.25) is 4.79 Å². The van der Waals surface area contributed by atoms with Gasteiger partial charge in [0.1, 0.15) is 0 Å². The van der Waals surface area contributed by atoms with Crippen LogP contribution in [0.4, 0.5) is 0 Å². The first-order valence-electron chi connectivity index (χ1n) is 12.1. The van der Waals surface area contributed by atoms with Gasteiger partial charge >= 0.3 is 5.97 Å². The molecule has 4 rings (SSSR count). The number of nitrogens with zero attached hydrogens (tertiary/aromatic N) is 1. The number of aryl methyl sites for hydroxylation is 1. The third-order valence-electron chi connectivity index (χ3n) is 5.86. The van der Waals surface area contributed by atoms with Gasteiger partial charge in [0, 0.05) is 18.9 Å². The highest BCUT2D eigenvalue weighted by Crippen LogP contribution is 2.27. The second-order valence-electron chi connectivity index (χ2n) is 8.71. The number of ether oxygens (including phenoxy) is 3. The van der Waals surface area contributed by atoms with Crippen LogP contribution in [0, 0.1) is 12.8 Å². The lowest BCUT2D eigenvalue weighted by Gasteiger charge is -2.18. The second kappa shape index (κ2) is 14.0. The minimum absolute atomic E-state index is 0.0132. The number of carbonyl (C=O) groups excluding carboxylic acids is 2. The minimum Gasteiger partial charge on any atom is -0.503 e. The van der Waals surface area contributed by atoms with Gasteiger partial charge in [-0.1, -0.05) is 59.7 Å². The predicted octanol–water partition coefficient (Wildman–Crippen LogP) is 4.14. The summed E-state index contributed by atoms with van der Waals surface area (Å²) in [5, 5.41) is 12.6. The van der Waals surface area contributed by atoms with Crippen LogP contribution in [0.2, 0.25) is 0 Å². The number of hydrogen-bond acceptors (Lipinski definition) is 7. The topological polar surface area (TPSA) is 107 Å². The Labute approximate surface area is 212 Å². The SMILES string of the molecule is COc1ccnc(C(=O)N[C@H]2COCC(CC3=CCCC=C3)CCOC2=O)c1O.Cc1ccccc1. The molecule has 36 heavy (non-hydrogen) atoms. The van der Waals surface area contributed by atoms with Gasteiger partial charge in [-0.2, -0.15) is 0 Å². The first-order chi connectivity index (χ1) is 17.5. The molecule has 2 atom stereocenters. The van der Waals surface area contributed by atoms with E-state index in [9.17, 15) is 14.7 Å². The summed E-state index contributed by atoms with van der Waals surface area (Å²) in [5.74, 6) is -1.32. The summed E-state index contributed by atoms with van der Waals surface area (Å²) in [5.41, 5.74) is 2.37. The molecule has 1 fully saturated rings. The predicted molar refractivity (Wildman–Crippen MR) is 136 cm³/mol. The van der Waals surface area contributed by atoms with Crippen LogP contribution in [0.25, 0.3) is 0 Å². The zero-order valence-electron chi connectivity index (χ0n) is 20.8. The molecule has 192 valence electrons. The number of allylic oxidation sites excluding steroid dienone is 4. The Hall–Kier alpha value is -3.65. The van der Waals surface area contributed by atoms with Crippen molar-refractivity contribution in [3.63, 3.8) is 0 Å². The van der Waals surface area contributed by atoms with E-state index in [1.807, 2.05) is 18.2 Å². The second-order valence-corrected chi connectivity index (χ2v) is 8.71. The number of amides is 1. The Kier molecular flexibility index (Phi) is 10.5. The number of nitrogens with one attached hydrogen (secondary N) is 1. The van der Waals surface area contributed by atoms with Crippen molar-refractivity contribution in [2.75, 3.05) is 26.9 Å². The maximum absolute atomic E-state index is 12.5. The van der Waals surface area contributed by atoms with Crippen molar-refractivity contribution in [3.05, 3.63) is 77.7 Å². The maximum Gasteiger partial charge on any atom is 0.331 e. The quantitative estimate of drug-likeness (QED) is 0.602. The number of esters is 1. The lowest BCUT2D eigenvalue weighted by Crippen LogP contribution is -2.45. The summed E-state index contributed by atoms with van der Waals surface area (Å²) < 4.78 is 16.0. The fourth-order valence-electron chi connectivity index (χ4n) is 3.87. The number of benzene rings is 1. The number of aromatic nitrogens is 1. The largest absolute Gasteiger partial charge is 0.503 e. The highest BCUT2D eigenvalue weighted by Gasteiger charge is 2.28. The first kappa shape index (κ1) is 26.9. The Bertz CT molecular complexity index is 1070. The number of pyridine rings is 1. The summed E-state index contributed by atoms with van der Waals surface area (Å²) in [6, 6.07) is 10.7. The molecule has 0 bridgehead atoms. The van der Waals surface area contributed by atoms with Crippen LogP contribution < -0.4 is 10.1 Å². The summed E-state index contributed by atoms with van der Waals surface area (Å²) in [6.07, 6.45) is 11.6. The van der Waals surface area contributed by atoms with Crippen LogP contribution in [0.15, 0.2) is 66.4 Å². The van der Waals surface area contributed by atoms with E-state index in [-0.39, 0.29) is 30.6 Å². The van der Waals surface area contributed by atoms with Gasteiger partial charge in [-0.25, -0.2) is 9.78 Å². The lowest BCUT2D eigenvalue weighted by molar-refractivity contribution is -0.146. The Morgan fingerprint density at radius 1 is 1.19 bits per heavy atom. The number of cyclic esters (lactones) is 1. The molecule has 2 heterocycles. The molecule has 8 nitrogen and oxygen atoms in total. The van der Waals surface area contributed by atoms with Gasteiger partial charge in [-0.15, -0.1) is 0 Å². The molecule has 0 radical (unpaired) electrons. The van der Waals surface area contributed by atoms with Crippen LogP contribution in [0.3, 0.4) is 0 Å². The van der Waals surface area contributed by atoms with Gasteiger partial charge in [-0.05, 0) is 38.5 Å². The van der Waals surface area contributed by atoms with Crippen molar-refractivity contribution in [2.45, 2.75) is 38.6 Å². The first-order valence-corrected chi connectivity index (χ1v) is 12.1. The molecule has 1 aromatic carbocycles. The molecule has 0 saturated carbocycles. The third kappa shape index (κ3) is 8.23. The fourth-order valence-corrected chi connectivity index (χ4v) is 3.87. The van der Waals surface area contributed by atoms with Crippen LogP contribution in [-0.4, -0.2) is 54.9 Å². The summed E-state index contributed by atoms with van der Waals surface area (Å²) in [4.78, 5) is 28.7. The molecule has 2 N–H and O–H groups in total. The fraction of sp³-hybridized carbons (Fsp3) is 0.393. The van der Waals surface area contributed by atoms with E-state index in [0.717, 1.165) is 19.3 Å². The normalized spacial score (nSPS) is 19.8. The Balaban J connectivity index is 0.000000444. The monoisotopic (exact) mass is 494 g/mol. The Morgan fingerprint density at radius 3 is 2.67 bits per heavy atom. The summed E-state index contributed by atoms with van der Waals surface area (Å²) in [7, 11) is 1.37. The van der Waals surface area contributed by atoms with E-state index < -0.39 is 23.7 Å². The van der Waals surface area contributed by atoms with Gasteiger partial charge in [0.05, 0.1) is 20.3 Å². The van der Waals surface area contributed by atoms with E-state index in [0.29, 0.717) is 13.0 Å². The Morgan fingerprint density at radius 2 is 2.00 bits per heavy atom. The molecule has 2 aliphatic rings. The van der Waals surface area contributed by atoms with E-state index in [4.69, 9.17) is 14.2 Å². The number of hydrogen-bond donors (Lipinski definition) is 2. The van der Waals surface area contributed by atoms with Crippen molar-refractivity contribution >= 4 is 11.9 Å². The summed E-state index contributed by atoms with van der Waals surface area (Å²) >= 11 is 0. The van der Waals surface area contributed by atoms with Gasteiger partial charge in [0.2, 0.25) is 0 Å². The lowest BCUT2D eigenvalue weighted by atomic mass is 9.94. The molecule has 1 aliphatic heterocycles. The van der Waals surface area contributed by atoms with E-state index >= 15 is 0 Å². The van der Waals surface area contributed by atoms with Gasteiger partial charge in [0.15, 0.2) is 23.2 Å². The average Bonchev–Trinajstić information content (AvgIpc) is 2.96. The molecule has 8 heteroatoms. The average molecular weight is 495 g/mol. The molecule has 1 unspecified atom stereocenters. The zero-order chi connectivity index (χ0) is 25.8. The number of carbonyl (C=O) groups is 2. The highest BCUT2D eigenvalue weighted by molar-refractivity contribution is 5.97. The number of rotatable bonds is 5.